The average Bonchev–Trinajstić information content (AvgIpc) is 2.68. The van der Waals surface area contributed by atoms with Gasteiger partial charge in [0, 0.05) is 37.7 Å². The second kappa shape index (κ2) is 10.3. The maximum absolute atomic E-state index is 12.7. The fourth-order valence-corrected chi connectivity index (χ4v) is 3.26. The van der Waals surface area contributed by atoms with Crippen molar-refractivity contribution in [2.24, 2.45) is 5.16 Å². The molecule has 0 saturated heterocycles. The van der Waals surface area contributed by atoms with Crippen molar-refractivity contribution in [1.29, 1.82) is 0 Å². The molecule has 2 rings (SSSR count). The molecular weight excluding hydrogens is 346 g/mol. The molecule has 1 aliphatic rings. The Morgan fingerprint density at radius 3 is 2.44 bits per heavy atom. The zero-order chi connectivity index (χ0) is 19.8. The van der Waals surface area contributed by atoms with Gasteiger partial charge in [-0.2, -0.15) is 0 Å². The number of carbonyl (C=O) groups is 1. The second-order valence-corrected chi connectivity index (χ2v) is 6.48. The van der Waals surface area contributed by atoms with Crippen molar-refractivity contribution in [3.05, 3.63) is 47.0 Å². The van der Waals surface area contributed by atoms with E-state index >= 15 is 0 Å². The van der Waals surface area contributed by atoms with Gasteiger partial charge < -0.3 is 19.4 Å². The number of ether oxygens (including phenoxy) is 2. The molecule has 148 valence electrons. The number of carbonyl (C=O) groups excluding carboxylic acids is 1. The van der Waals surface area contributed by atoms with Gasteiger partial charge in [-0.3, -0.25) is 4.79 Å². The first kappa shape index (κ1) is 21.3. The van der Waals surface area contributed by atoms with Gasteiger partial charge in [0.1, 0.15) is 6.61 Å². The third-order valence-corrected chi connectivity index (χ3v) is 4.62. The third-order valence-electron chi connectivity index (χ3n) is 4.62. The summed E-state index contributed by atoms with van der Waals surface area (Å²) in [5, 5.41) is 14.7. The zero-order valence-electron chi connectivity index (χ0n) is 16.5. The Labute approximate surface area is 160 Å². The predicted octanol–water partition coefficient (Wildman–Crippen LogP) is 3.51. The van der Waals surface area contributed by atoms with Crippen molar-refractivity contribution in [2.45, 2.75) is 51.4 Å². The molecule has 1 aromatic carbocycles. The van der Waals surface area contributed by atoms with E-state index in [2.05, 4.69) is 5.16 Å². The quantitative estimate of drug-likeness (QED) is 0.406. The predicted molar refractivity (Wildman–Crippen MR) is 104 cm³/mol. The largest absolute Gasteiger partial charge is 0.396 e. The van der Waals surface area contributed by atoms with Gasteiger partial charge >= 0.3 is 0 Å². The van der Waals surface area contributed by atoms with Crippen molar-refractivity contribution in [2.75, 3.05) is 20.8 Å². The van der Waals surface area contributed by atoms with E-state index in [0.717, 1.165) is 17.5 Å². The molecule has 0 bridgehead atoms. The minimum absolute atomic E-state index is 0.0204. The molecule has 0 heterocycles. The monoisotopic (exact) mass is 375 g/mol. The molecule has 1 N–H and O–H groups in total. The van der Waals surface area contributed by atoms with E-state index in [1.807, 2.05) is 38.1 Å². The molecule has 6 nitrogen and oxygen atoms in total. The number of allylic oxidation sites excluding steroid dienone is 1. The summed E-state index contributed by atoms with van der Waals surface area (Å²) in [6.45, 7) is 4.30. The van der Waals surface area contributed by atoms with Gasteiger partial charge in [0.15, 0.2) is 12.1 Å². The van der Waals surface area contributed by atoms with E-state index in [-0.39, 0.29) is 18.1 Å². The summed E-state index contributed by atoms with van der Waals surface area (Å²) in [4.78, 5) is 17.9. The van der Waals surface area contributed by atoms with Gasteiger partial charge in [-0.15, -0.1) is 0 Å². The van der Waals surface area contributed by atoms with Crippen LogP contribution in [0.4, 0.5) is 0 Å². The van der Waals surface area contributed by atoms with Crippen LogP contribution in [-0.2, 0) is 19.1 Å². The van der Waals surface area contributed by atoms with Gasteiger partial charge in [0.05, 0.1) is 11.8 Å². The van der Waals surface area contributed by atoms with Crippen LogP contribution in [0.25, 0.3) is 0 Å². The molecule has 0 aromatic heterocycles. The Morgan fingerprint density at radius 1 is 1.22 bits per heavy atom. The second-order valence-electron chi connectivity index (χ2n) is 6.48. The molecular formula is C21H29NO5. The number of hydrogen-bond donors (Lipinski definition) is 1. The molecule has 2 atom stereocenters. The molecule has 0 radical (unpaired) electrons. The van der Waals surface area contributed by atoms with E-state index in [9.17, 15) is 9.90 Å². The van der Waals surface area contributed by atoms with Gasteiger partial charge in [0.25, 0.3) is 0 Å². The highest BCUT2D eigenvalue weighted by Crippen LogP contribution is 2.32. The summed E-state index contributed by atoms with van der Waals surface area (Å²) in [6.07, 6.45) is 2.14. The fourth-order valence-electron chi connectivity index (χ4n) is 3.26. The lowest BCUT2D eigenvalue weighted by molar-refractivity contribution is -0.116. The topological polar surface area (TPSA) is 77.3 Å². The lowest BCUT2D eigenvalue weighted by atomic mass is 9.80. The highest BCUT2D eigenvalue weighted by Gasteiger charge is 2.32. The molecule has 0 fully saturated rings. The number of ketones is 1. The molecule has 0 amide bonds. The van der Waals surface area contributed by atoms with E-state index in [0.29, 0.717) is 24.3 Å². The van der Waals surface area contributed by atoms with Gasteiger partial charge in [-0.25, -0.2) is 0 Å². The molecule has 6 heteroatoms. The highest BCUT2D eigenvalue weighted by molar-refractivity contribution is 6.22. The standard InChI is InChI=1S/C21H29NO5/c1-5-7-18(22-27-6-2)17-13-19(23)16(12-20(17)24)14-8-10-15(11-9-14)21(25-3)26-4/h8-11,13,16,19,21,23H,5-7,12H2,1-4H3. The van der Waals surface area contributed by atoms with Crippen LogP contribution in [0, 0.1) is 0 Å². The number of aliphatic hydroxyl groups is 1. The number of nitrogens with zero attached hydrogens (tertiary/aromatic N) is 1. The smallest absolute Gasteiger partial charge is 0.183 e. The molecule has 0 saturated carbocycles. The number of oxime groups is 1. The molecule has 2 unspecified atom stereocenters. The van der Waals surface area contributed by atoms with Crippen LogP contribution >= 0.6 is 0 Å². The first-order valence-electron chi connectivity index (χ1n) is 9.33. The fraction of sp³-hybridized carbons (Fsp3) is 0.524. The van der Waals surface area contributed by atoms with Crippen molar-refractivity contribution in [3.8, 4) is 0 Å². The van der Waals surface area contributed by atoms with Crippen LogP contribution in [0.2, 0.25) is 0 Å². The number of rotatable bonds is 9. The minimum Gasteiger partial charge on any atom is -0.396 e. The lowest BCUT2D eigenvalue weighted by Gasteiger charge is -2.27. The first-order chi connectivity index (χ1) is 13.0. The van der Waals surface area contributed by atoms with Crippen molar-refractivity contribution < 1.29 is 24.2 Å². The lowest BCUT2D eigenvalue weighted by Crippen LogP contribution is -2.29. The SMILES string of the molecule is CCCC(=NOCC)C1=CC(O)C(c2ccc(C(OC)OC)cc2)CC1=O. The maximum atomic E-state index is 12.7. The molecule has 0 aliphatic heterocycles. The maximum Gasteiger partial charge on any atom is 0.183 e. The van der Waals surface area contributed by atoms with Gasteiger partial charge in [-0.1, -0.05) is 42.8 Å². The van der Waals surface area contributed by atoms with E-state index in [1.165, 1.54) is 0 Å². The van der Waals surface area contributed by atoms with Crippen LogP contribution in [-0.4, -0.2) is 43.5 Å². The highest BCUT2D eigenvalue weighted by atomic mass is 16.7. The Morgan fingerprint density at radius 2 is 1.89 bits per heavy atom. The summed E-state index contributed by atoms with van der Waals surface area (Å²) in [6, 6.07) is 7.59. The van der Waals surface area contributed by atoms with E-state index < -0.39 is 12.4 Å². The summed E-state index contributed by atoms with van der Waals surface area (Å²) in [5.41, 5.74) is 2.87. The van der Waals surface area contributed by atoms with Gasteiger partial charge in [0.2, 0.25) is 0 Å². The molecule has 1 aliphatic carbocycles. The van der Waals surface area contributed by atoms with Crippen LogP contribution in [0.15, 0.2) is 41.1 Å². The number of methoxy groups -OCH3 is 2. The van der Waals surface area contributed by atoms with Crippen LogP contribution in [0.1, 0.15) is 56.4 Å². The zero-order valence-corrected chi connectivity index (χ0v) is 16.5. The van der Waals surface area contributed by atoms with Crippen molar-refractivity contribution in [1.82, 2.24) is 0 Å². The Balaban J connectivity index is 2.23. The summed E-state index contributed by atoms with van der Waals surface area (Å²) in [5.74, 6) is -0.304. The van der Waals surface area contributed by atoms with Crippen molar-refractivity contribution >= 4 is 11.5 Å². The molecule has 27 heavy (non-hydrogen) atoms. The Hall–Kier alpha value is -2.02. The number of aliphatic hydroxyl groups excluding tert-OH is 1. The summed E-state index contributed by atoms with van der Waals surface area (Å²) >= 11 is 0. The van der Waals surface area contributed by atoms with Crippen LogP contribution in [0.3, 0.4) is 0 Å². The van der Waals surface area contributed by atoms with Gasteiger partial charge in [-0.05, 0) is 25.0 Å². The van der Waals surface area contributed by atoms with Crippen molar-refractivity contribution in [3.63, 3.8) is 0 Å². The average molecular weight is 375 g/mol. The number of benzene rings is 1. The minimum atomic E-state index is -0.757. The van der Waals surface area contributed by atoms with E-state index in [4.69, 9.17) is 14.3 Å². The number of Topliss-reactive ketones (excluding diaryl/α,β-unsaturated/α-hetero) is 1. The summed E-state index contributed by atoms with van der Waals surface area (Å²) in [7, 11) is 3.16. The van der Waals surface area contributed by atoms with E-state index in [1.54, 1.807) is 20.3 Å². The Kier molecular flexibility index (Phi) is 8.16. The normalized spacial score (nSPS) is 20.7. The molecule has 1 aromatic rings. The molecule has 0 spiro atoms. The third kappa shape index (κ3) is 5.25. The Bertz CT molecular complexity index is 676. The van der Waals surface area contributed by atoms with Crippen LogP contribution < -0.4 is 0 Å². The summed E-state index contributed by atoms with van der Waals surface area (Å²) < 4.78 is 10.5. The van der Waals surface area contributed by atoms with Crippen LogP contribution in [0.5, 0.6) is 0 Å². The first-order valence-corrected chi connectivity index (χ1v) is 9.33. The number of hydrogen-bond acceptors (Lipinski definition) is 6.